The van der Waals surface area contributed by atoms with Crippen LogP contribution >= 0.6 is 0 Å². The molecule has 0 amide bonds. The van der Waals surface area contributed by atoms with Gasteiger partial charge in [0.05, 0.1) is 11.9 Å². The van der Waals surface area contributed by atoms with Crippen molar-refractivity contribution in [1.82, 2.24) is 0 Å². The van der Waals surface area contributed by atoms with E-state index in [-0.39, 0.29) is 38.7 Å². The standard InChI is InChI=1S/2C15H22O3.Co/c2*1-14(2,3)11-9-7-8-10(13(16)17)12(11)18-15(4,5)6;/h2*7-9H,1-6H3,(H,16,17);/q;;+2/p-2. The number of benzene rings is 2. The number of hydrogen-bond acceptors (Lipinski definition) is 6. The van der Waals surface area contributed by atoms with Crippen LogP contribution in [0.15, 0.2) is 36.4 Å². The fourth-order valence-electron chi connectivity index (χ4n) is 3.41. The van der Waals surface area contributed by atoms with Crippen LogP contribution in [0.1, 0.15) is 115 Å². The van der Waals surface area contributed by atoms with Crippen LogP contribution in [0, 0.1) is 0 Å². The van der Waals surface area contributed by atoms with Gasteiger partial charge >= 0.3 is 16.8 Å². The number of ether oxygens (including phenoxy) is 2. The SMILES string of the molecule is CC(C)(C)Oc1c(C(=O)[O-])cccc1C(C)(C)C.CC(C)(C)Oc1c(C(=O)[O-])cccc1C(C)(C)C.[Co+2]. The summed E-state index contributed by atoms with van der Waals surface area (Å²) in [5.41, 5.74) is 0.683. The average molecular weight is 558 g/mol. The van der Waals surface area contributed by atoms with E-state index in [4.69, 9.17) is 9.47 Å². The predicted octanol–water partition coefficient (Wildman–Crippen LogP) is 5.05. The zero-order valence-electron chi connectivity index (χ0n) is 24.2. The zero-order valence-corrected chi connectivity index (χ0v) is 25.3. The third-order valence-corrected chi connectivity index (χ3v) is 4.90. The molecule has 0 fully saturated rings. The minimum Gasteiger partial charge on any atom is -0.545 e. The van der Waals surface area contributed by atoms with Gasteiger partial charge in [0, 0.05) is 22.3 Å². The van der Waals surface area contributed by atoms with Gasteiger partial charge in [0.2, 0.25) is 0 Å². The Morgan fingerprint density at radius 1 is 0.568 bits per heavy atom. The molecule has 6 nitrogen and oxygen atoms in total. The minimum atomic E-state index is -1.21. The Morgan fingerprint density at radius 3 is 1.03 bits per heavy atom. The molecule has 2 aromatic carbocycles. The van der Waals surface area contributed by atoms with Crippen LogP contribution in [-0.2, 0) is 27.6 Å². The molecule has 0 aliphatic carbocycles. The molecule has 0 aromatic heterocycles. The zero-order chi connectivity index (χ0) is 28.3. The summed E-state index contributed by atoms with van der Waals surface area (Å²) in [4.78, 5) is 22.4. The fourth-order valence-corrected chi connectivity index (χ4v) is 3.41. The second-order valence-corrected chi connectivity index (χ2v) is 12.9. The van der Waals surface area contributed by atoms with Crippen LogP contribution < -0.4 is 19.7 Å². The first kappa shape index (κ1) is 34.5. The molecule has 207 valence electrons. The third kappa shape index (κ3) is 10.8. The Labute approximate surface area is 233 Å². The van der Waals surface area contributed by atoms with Gasteiger partial charge in [0.1, 0.15) is 22.7 Å². The molecule has 37 heavy (non-hydrogen) atoms. The van der Waals surface area contributed by atoms with E-state index < -0.39 is 23.1 Å². The summed E-state index contributed by atoms with van der Waals surface area (Å²) in [5, 5.41) is 22.4. The van der Waals surface area contributed by atoms with Crippen molar-refractivity contribution in [3.63, 3.8) is 0 Å². The first-order valence-corrected chi connectivity index (χ1v) is 12.1. The Balaban J connectivity index is 0.000000682. The van der Waals surface area contributed by atoms with Crippen LogP contribution in [0.3, 0.4) is 0 Å². The predicted molar refractivity (Wildman–Crippen MR) is 140 cm³/mol. The van der Waals surface area contributed by atoms with Gasteiger partial charge < -0.3 is 29.3 Å². The summed E-state index contributed by atoms with van der Waals surface area (Å²) in [7, 11) is 0. The maximum Gasteiger partial charge on any atom is 2.00 e. The summed E-state index contributed by atoms with van der Waals surface area (Å²) in [6, 6.07) is 10.3. The molecular weight excluding hydrogens is 515 g/mol. The normalized spacial score (nSPS) is 12.0. The summed E-state index contributed by atoms with van der Waals surface area (Å²) < 4.78 is 11.7. The number of rotatable bonds is 4. The van der Waals surface area contributed by atoms with Gasteiger partial charge in [-0.05, 0) is 64.5 Å². The number of hydrogen-bond donors (Lipinski definition) is 0. The summed E-state index contributed by atoms with van der Waals surface area (Å²) >= 11 is 0. The van der Waals surface area contributed by atoms with E-state index in [1.807, 2.05) is 95.2 Å². The van der Waals surface area contributed by atoms with E-state index >= 15 is 0 Å². The largest absolute Gasteiger partial charge is 2.00 e. The van der Waals surface area contributed by atoms with Gasteiger partial charge in [0.25, 0.3) is 0 Å². The molecule has 0 aliphatic rings. The van der Waals surface area contributed by atoms with Crippen LogP contribution in [0.4, 0.5) is 0 Å². The number of carbonyl (C=O) groups is 2. The molecule has 0 aliphatic heterocycles. The van der Waals surface area contributed by atoms with E-state index in [1.165, 1.54) is 12.1 Å². The van der Waals surface area contributed by atoms with Crippen LogP contribution in [0.5, 0.6) is 11.5 Å². The number of carboxylic acids is 2. The Kier molecular flexibility index (Phi) is 11.5. The van der Waals surface area contributed by atoms with Crippen LogP contribution in [0.25, 0.3) is 0 Å². The molecule has 0 spiro atoms. The van der Waals surface area contributed by atoms with E-state index in [9.17, 15) is 19.8 Å². The molecule has 0 heterocycles. The van der Waals surface area contributed by atoms with Crippen LogP contribution in [-0.4, -0.2) is 23.1 Å². The van der Waals surface area contributed by atoms with Crippen molar-refractivity contribution in [2.75, 3.05) is 0 Å². The van der Waals surface area contributed by atoms with Gasteiger partial charge in [0.15, 0.2) is 0 Å². The van der Waals surface area contributed by atoms with Crippen LogP contribution in [0.2, 0.25) is 0 Å². The van der Waals surface area contributed by atoms with Crippen molar-refractivity contribution in [2.24, 2.45) is 0 Å². The summed E-state index contributed by atoms with van der Waals surface area (Å²) in [6.45, 7) is 23.5. The topological polar surface area (TPSA) is 98.7 Å². The molecule has 0 N–H and O–H groups in total. The molecule has 1 radical (unpaired) electrons. The summed E-state index contributed by atoms with van der Waals surface area (Å²) in [5.74, 6) is -1.59. The first-order chi connectivity index (χ1) is 16.0. The second-order valence-electron chi connectivity index (χ2n) is 12.9. The number of aromatic carboxylic acids is 2. The number of carbonyl (C=O) groups excluding carboxylic acids is 2. The maximum atomic E-state index is 11.2. The quantitative estimate of drug-likeness (QED) is 0.522. The van der Waals surface area contributed by atoms with E-state index in [2.05, 4.69) is 0 Å². The van der Waals surface area contributed by atoms with Crippen molar-refractivity contribution >= 4 is 11.9 Å². The minimum absolute atomic E-state index is 0. The van der Waals surface area contributed by atoms with E-state index in [1.54, 1.807) is 12.1 Å². The van der Waals surface area contributed by atoms with Gasteiger partial charge in [-0.1, -0.05) is 65.8 Å². The second kappa shape index (κ2) is 12.4. The molecule has 0 unspecified atom stereocenters. The van der Waals surface area contributed by atoms with Gasteiger partial charge in [-0.25, -0.2) is 0 Å². The van der Waals surface area contributed by atoms with Crippen molar-refractivity contribution in [2.45, 2.75) is 105 Å². The molecular formula is C30H42CoO6. The van der Waals surface area contributed by atoms with Crippen molar-refractivity contribution < 1.29 is 46.1 Å². The monoisotopic (exact) mass is 557 g/mol. The van der Waals surface area contributed by atoms with E-state index in [0.717, 1.165) is 11.1 Å². The molecule has 2 rings (SSSR count). The van der Waals surface area contributed by atoms with Crippen molar-refractivity contribution in [1.29, 1.82) is 0 Å². The molecule has 0 saturated heterocycles. The van der Waals surface area contributed by atoms with Gasteiger partial charge in [-0.15, -0.1) is 0 Å². The molecule has 0 saturated carbocycles. The van der Waals surface area contributed by atoms with E-state index in [0.29, 0.717) is 11.5 Å². The van der Waals surface area contributed by atoms with Crippen molar-refractivity contribution in [3.8, 4) is 11.5 Å². The molecule has 2 aromatic rings. The molecule has 7 heteroatoms. The Morgan fingerprint density at radius 2 is 0.838 bits per heavy atom. The smallest absolute Gasteiger partial charge is 0.545 e. The Bertz CT molecular complexity index is 990. The fraction of sp³-hybridized carbons (Fsp3) is 0.533. The number of carboxylic acid groups (broad SMARTS) is 2. The van der Waals surface area contributed by atoms with Crippen molar-refractivity contribution in [3.05, 3.63) is 58.7 Å². The molecule has 0 atom stereocenters. The third-order valence-electron chi connectivity index (χ3n) is 4.90. The van der Waals surface area contributed by atoms with Gasteiger partial charge in [-0.3, -0.25) is 0 Å². The number of para-hydroxylation sites is 2. The Hall–Kier alpha value is -2.51. The molecule has 0 bridgehead atoms. The average Bonchev–Trinajstić information content (AvgIpc) is 2.64. The summed E-state index contributed by atoms with van der Waals surface area (Å²) in [6.07, 6.45) is 0. The first-order valence-electron chi connectivity index (χ1n) is 12.1. The maximum absolute atomic E-state index is 11.2. The van der Waals surface area contributed by atoms with Gasteiger partial charge in [-0.2, -0.15) is 0 Å².